The van der Waals surface area contributed by atoms with Gasteiger partial charge in [0.2, 0.25) is 0 Å². The molecule has 0 fully saturated rings. The molecule has 0 amide bonds. The van der Waals surface area contributed by atoms with E-state index in [0.29, 0.717) is 12.0 Å². The van der Waals surface area contributed by atoms with Crippen molar-refractivity contribution >= 4 is 14.3 Å². The predicted molar refractivity (Wildman–Crippen MR) is 115 cm³/mol. The van der Waals surface area contributed by atoms with E-state index in [1.807, 2.05) is 6.92 Å². The second-order valence-corrected chi connectivity index (χ2v) is 14.0. The first-order valence-electron chi connectivity index (χ1n) is 10.4. The van der Waals surface area contributed by atoms with Crippen LogP contribution in [-0.2, 0) is 25.3 Å². The van der Waals surface area contributed by atoms with E-state index in [9.17, 15) is 23.1 Å². The molecule has 0 saturated carbocycles. The van der Waals surface area contributed by atoms with Gasteiger partial charge in [0, 0.05) is 19.1 Å². The Bertz CT molecular complexity index is 689. The van der Waals surface area contributed by atoms with E-state index in [2.05, 4.69) is 33.9 Å². The quantitative estimate of drug-likeness (QED) is 0.313. The average molecular weight is 465 g/mol. The Morgan fingerprint density at radius 3 is 2.16 bits per heavy atom. The molecule has 1 N–H and O–H groups in total. The second-order valence-electron chi connectivity index (χ2n) is 9.24. The average Bonchev–Trinajstić information content (AvgIpc) is 2.62. The van der Waals surface area contributed by atoms with E-state index in [-0.39, 0.29) is 17.7 Å². The van der Waals surface area contributed by atoms with E-state index < -0.39 is 45.7 Å². The molecule has 1 unspecified atom stereocenters. The molecule has 0 aromatic heterocycles. The van der Waals surface area contributed by atoms with Gasteiger partial charge in [-0.25, -0.2) is 4.79 Å². The molecule has 0 aliphatic rings. The Kier molecular flexibility index (Phi) is 9.74. The van der Waals surface area contributed by atoms with Crippen molar-refractivity contribution in [2.24, 2.45) is 0 Å². The number of aliphatic carboxylic acids is 1. The summed E-state index contributed by atoms with van der Waals surface area (Å²) in [6.45, 7) is 11.8. The van der Waals surface area contributed by atoms with Crippen molar-refractivity contribution < 1.29 is 37.0 Å². The third kappa shape index (κ3) is 7.89. The molecule has 0 saturated heterocycles. The standard InChI is InChI=1S/C22H35F3O5Si/c1-17(30-31(5,6)20(2,3)4)12-14-28-15-13-21(19(26)27,22(23,24)25)29-16-18-10-8-7-9-11-18/h7-11,17H,12-16H2,1-6H3,(H,26,27)/t17-,21?/m0/s1. The molecule has 31 heavy (non-hydrogen) atoms. The summed E-state index contributed by atoms with van der Waals surface area (Å²) in [6.07, 6.45) is -5.53. The fraction of sp³-hybridized carbons (Fsp3) is 0.682. The number of halogens is 3. The van der Waals surface area contributed by atoms with Crippen LogP contribution in [0.15, 0.2) is 30.3 Å². The minimum atomic E-state index is -5.09. The zero-order valence-corrected chi connectivity index (χ0v) is 20.2. The SMILES string of the molecule is C[C@@H](CCOCCC(OCc1ccccc1)(C(=O)O)C(F)(F)F)O[Si](C)(C)C(C)(C)C. The van der Waals surface area contributed by atoms with Gasteiger partial charge in [-0.2, -0.15) is 13.2 Å². The number of benzene rings is 1. The molecule has 0 heterocycles. The van der Waals surface area contributed by atoms with E-state index in [1.54, 1.807) is 30.3 Å². The monoisotopic (exact) mass is 464 g/mol. The summed E-state index contributed by atoms with van der Waals surface area (Å²) in [4.78, 5) is 11.6. The summed E-state index contributed by atoms with van der Waals surface area (Å²) in [6, 6.07) is 8.14. The molecule has 178 valence electrons. The van der Waals surface area contributed by atoms with Crippen LogP contribution in [0, 0.1) is 0 Å². The first-order chi connectivity index (χ1) is 14.1. The Hall–Kier alpha value is -1.42. The van der Waals surface area contributed by atoms with Crippen LogP contribution >= 0.6 is 0 Å². The van der Waals surface area contributed by atoms with Gasteiger partial charge in [-0.1, -0.05) is 51.1 Å². The zero-order valence-electron chi connectivity index (χ0n) is 19.2. The lowest BCUT2D eigenvalue weighted by Gasteiger charge is -2.38. The van der Waals surface area contributed by atoms with Gasteiger partial charge in [-0.05, 0) is 37.0 Å². The lowest BCUT2D eigenvalue weighted by Crippen LogP contribution is -2.55. The maximum absolute atomic E-state index is 13.7. The Labute approximate surface area is 184 Å². The fourth-order valence-electron chi connectivity index (χ4n) is 2.67. The van der Waals surface area contributed by atoms with E-state index in [0.717, 1.165) is 0 Å². The molecular weight excluding hydrogens is 429 g/mol. The molecule has 9 heteroatoms. The molecule has 0 aliphatic heterocycles. The van der Waals surface area contributed by atoms with Gasteiger partial charge in [0.15, 0.2) is 8.32 Å². The van der Waals surface area contributed by atoms with Gasteiger partial charge in [0.1, 0.15) is 0 Å². The van der Waals surface area contributed by atoms with Gasteiger partial charge >= 0.3 is 12.1 Å². The summed E-state index contributed by atoms with van der Waals surface area (Å²) < 4.78 is 57.5. The minimum absolute atomic E-state index is 0.0476. The van der Waals surface area contributed by atoms with Crippen molar-refractivity contribution in [2.45, 2.75) is 83.2 Å². The molecule has 5 nitrogen and oxygen atoms in total. The Morgan fingerprint density at radius 2 is 1.68 bits per heavy atom. The molecule has 0 spiro atoms. The maximum Gasteiger partial charge on any atom is 0.428 e. The van der Waals surface area contributed by atoms with Crippen LogP contribution in [0.4, 0.5) is 13.2 Å². The Balaban J connectivity index is 2.64. The van der Waals surface area contributed by atoms with Crippen molar-refractivity contribution in [1.29, 1.82) is 0 Å². The normalized spacial score (nSPS) is 16.0. The molecule has 0 aliphatic carbocycles. The molecule has 0 bridgehead atoms. The summed E-state index contributed by atoms with van der Waals surface area (Å²) in [5, 5.41) is 9.42. The molecular formula is C22H35F3O5Si. The Morgan fingerprint density at radius 1 is 1.10 bits per heavy atom. The van der Waals surface area contributed by atoms with Crippen LogP contribution in [0.25, 0.3) is 0 Å². The van der Waals surface area contributed by atoms with E-state index in [1.165, 1.54) is 0 Å². The lowest BCUT2D eigenvalue weighted by molar-refractivity contribution is -0.282. The third-order valence-corrected chi connectivity index (χ3v) is 10.3. The second kappa shape index (κ2) is 10.9. The van der Waals surface area contributed by atoms with Crippen molar-refractivity contribution in [1.82, 2.24) is 0 Å². The highest BCUT2D eigenvalue weighted by atomic mass is 28.4. The lowest BCUT2D eigenvalue weighted by atomic mass is 9.99. The predicted octanol–water partition coefficient (Wildman–Crippen LogP) is 5.80. The highest BCUT2D eigenvalue weighted by molar-refractivity contribution is 6.74. The van der Waals surface area contributed by atoms with Gasteiger partial charge in [-0.3, -0.25) is 0 Å². The van der Waals surface area contributed by atoms with Crippen LogP contribution in [0.2, 0.25) is 18.1 Å². The van der Waals surface area contributed by atoms with Gasteiger partial charge in [0.05, 0.1) is 13.2 Å². The van der Waals surface area contributed by atoms with Crippen molar-refractivity contribution in [2.75, 3.05) is 13.2 Å². The number of ether oxygens (including phenoxy) is 2. The number of hydrogen-bond donors (Lipinski definition) is 1. The summed E-state index contributed by atoms with van der Waals surface area (Å²) in [5.41, 5.74) is -2.87. The highest BCUT2D eigenvalue weighted by Gasteiger charge is 2.62. The summed E-state index contributed by atoms with van der Waals surface area (Å²) >= 11 is 0. The summed E-state index contributed by atoms with van der Waals surface area (Å²) in [5.74, 6) is -2.07. The van der Waals surface area contributed by atoms with Crippen LogP contribution in [-0.4, -0.2) is 50.5 Å². The third-order valence-electron chi connectivity index (χ3n) is 5.70. The van der Waals surface area contributed by atoms with Crippen LogP contribution < -0.4 is 0 Å². The highest BCUT2D eigenvalue weighted by Crippen LogP contribution is 2.39. The van der Waals surface area contributed by atoms with Crippen molar-refractivity contribution in [3.05, 3.63) is 35.9 Å². The zero-order chi connectivity index (χ0) is 23.9. The molecule has 1 aromatic rings. The first-order valence-corrected chi connectivity index (χ1v) is 13.3. The fourth-order valence-corrected chi connectivity index (χ4v) is 4.15. The number of carboxylic acids is 1. The number of carboxylic acid groups (broad SMARTS) is 1. The van der Waals surface area contributed by atoms with Crippen LogP contribution in [0.1, 0.15) is 46.1 Å². The largest absolute Gasteiger partial charge is 0.479 e. The topological polar surface area (TPSA) is 65.0 Å². The van der Waals surface area contributed by atoms with Crippen molar-refractivity contribution in [3.63, 3.8) is 0 Å². The van der Waals surface area contributed by atoms with E-state index >= 15 is 0 Å². The van der Waals surface area contributed by atoms with Gasteiger partial charge < -0.3 is 19.0 Å². The molecule has 0 radical (unpaired) electrons. The van der Waals surface area contributed by atoms with Crippen LogP contribution in [0.3, 0.4) is 0 Å². The molecule has 1 rings (SSSR count). The van der Waals surface area contributed by atoms with E-state index in [4.69, 9.17) is 13.9 Å². The van der Waals surface area contributed by atoms with Gasteiger partial charge in [0.25, 0.3) is 5.60 Å². The molecule has 1 aromatic carbocycles. The first kappa shape index (κ1) is 27.6. The number of alkyl halides is 3. The maximum atomic E-state index is 13.7. The van der Waals surface area contributed by atoms with Gasteiger partial charge in [-0.15, -0.1) is 0 Å². The number of rotatable bonds is 12. The summed E-state index contributed by atoms with van der Waals surface area (Å²) in [7, 11) is -1.95. The van der Waals surface area contributed by atoms with Crippen LogP contribution in [0.5, 0.6) is 0 Å². The molecule has 2 atom stereocenters. The van der Waals surface area contributed by atoms with Crippen molar-refractivity contribution in [3.8, 4) is 0 Å². The smallest absolute Gasteiger partial charge is 0.428 e. The number of carbonyl (C=O) groups is 1. The minimum Gasteiger partial charge on any atom is -0.479 e. The number of hydrogen-bond acceptors (Lipinski definition) is 4.